The van der Waals surface area contributed by atoms with Gasteiger partial charge in [0.15, 0.2) is 0 Å². The van der Waals surface area contributed by atoms with Crippen molar-refractivity contribution in [1.82, 2.24) is 0 Å². The number of hydrogen-bond acceptors (Lipinski definition) is 12. The van der Waals surface area contributed by atoms with E-state index in [0.29, 0.717) is 0 Å². The Hall–Kier alpha value is -2.64. The number of rotatable bonds is 54. The van der Waals surface area contributed by atoms with Crippen LogP contribution >= 0.6 is 168 Å². The van der Waals surface area contributed by atoms with E-state index in [-0.39, 0.29) is 0 Å². The van der Waals surface area contributed by atoms with Crippen LogP contribution in [0.5, 0.6) is 0 Å². The summed E-state index contributed by atoms with van der Waals surface area (Å²) >= 11 is 31.2. The molecule has 0 aromatic carbocycles. The molecule has 0 N–H and O–H groups in total. The summed E-state index contributed by atoms with van der Waals surface area (Å²) in [5.41, 5.74) is 5.60. The zero-order valence-electron chi connectivity index (χ0n) is 68.3. The Labute approximate surface area is 742 Å². The van der Waals surface area contributed by atoms with E-state index in [0.717, 1.165) is 0 Å². The summed E-state index contributed by atoms with van der Waals surface area (Å²) in [4.78, 5) is 31.2. The van der Waals surface area contributed by atoms with Gasteiger partial charge in [0.25, 0.3) is 0 Å². The monoisotopic (exact) mass is 1840 g/mol. The molecule has 0 aliphatic carbocycles. The minimum Gasteiger partial charge on any atom is -0.140 e. The predicted molar refractivity (Wildman–Crippen MR) is 529 cm³/mol. The molecule has 12 aromatic rings. The first-order valence-electron chi connectivity index (χ1n) is 43.6. The van der Waals surface area contributed by atoms with Crippen LogP contribution < -0.4 is 0 Å². The van der Waals surface area contributed by atoms with Gasteiger partial charge in [-0.3, -0.25) is 0 Å². The Morgan fingerprint density at radius 3 is 0.607 bits per heavy atom. The standard InChI is InChI=1S/C50H66S6.C48H60Br2S6/c1-5-7-9-11-13-15-17-19-21-23-25-39-27-29-43(53-39)41-35-37(3)51-49(41)47-33-31-45(55-47)46-32-34-48(56-46)50-42(36-38(4)52-50)44-30-28-40(54-44)26-24-22-20-18-16-14-12-10-8-6-2;1-3-5-7-9-11-13-15-17-19-21-23-35-25-27-39(51-35)37-33-45(49)55-47(37)43-31-29-41(53-43)42-30-32-44(54-42)48-38(34-46(50)56-48)40-28-26-36(52-40)24-22-20-18-16-14-12-10-8-6-4-2/h27-36H,5-26H2,1-4H3;25-34H,3-24H2,1-2H3. The average molecular weight is 1850 g/mol. The van der Waals surface area contributed by atoms with Crippen LogP contribution in [0.4, 0.5) is 0 Å². The first kappa shape index (κ1) is 90.1. The zero-order chi connectivity index (χ0) is 77.9. The molecule has 0 amide bonds. The van der Waals surface area contributed by atoms with E-state index in [1.807, 2.05) is 136 Å². The topological polar surface area (TPSA) is 0 Å². The molecule has 604 valence electrons. The first-order chi connectivity index (χ1) is 55.0. The van der Waals surface area contributed by atoms with Crippen molar-refractivity contribution < 1.29 is 0 Å². The summed E-state index contributed by atoms with van der Waals surface area (Å²) in [5.74, 6) is 0. The fourth-order valence-electron chi connectivity index (χ4n) is 15.4. The second-order valence-corrected chi connectivity index (χ2v) is 47.6. The van der Waals surface area contributed by atoms with E-state index in [4.69, 9.17) is 0 Å². The third kappa shape index (κ3) is 28.8. The van der Waals surface area contributed by atoms with E-state index in [2.05, 4.69) is 195 Å². The highest BCUT2D eigenvalue weighted by Crippen LogP contribution is 2.53. The number of thiophene rings is 12. The average Bonchev–Trinajstić information content (AvgIpc) is 1.65. The van der Waals surface area contributed by atoms with Gasteiger partial charge < -0.3 is 0 Å². The molecule has 14 heteroatoms. The third-order valence-corrected chi connectivity index (χ3v) is 37.3. The fraction of sp³-hybridized carbons (Fsp3) is 0.510. The summed E-state index contributed by atoms with van der Waals surface area (Å²) < 4.78 is 2.41. The van der Waals surface area contributed by atoms with Gasteiger partial charge >= 0.3 is 0 Å². The molecule has 12 aromatic heterocycles. The van der Waals surface area contributed by atoms with E-state index in [1.165, 1.54) is 410 Å². The minimum atomic E-state index is 1.21. The lowest BCUT2D eigenvalue weighted by molar-refractivity contribution is 0.557. The maximum absolute atomic E-state index is 3.84. The van der Waals surface area contributed by atoms with Crippen molar-refractivity contribution in [3.05, 3.63) is 158 Å². The highest BCUT2D eigenvalue weighted by molar-refractivity contribution is 9.11. The van der Waals surface area contributed by atoms with Crippen molar-refractivity contribution in [2.45, 2.75) is 324 Å². The maximum atomic E-state index is 3.84. The Bertz CT molecular complexity index is 3980. The molecule has 12 rings (SSSR count). The summed E-state index contributed by atoms with van der Waals surface area (Å²) in [6.07, 6.45) is 60.7. The summed E-state index contributed by atoms with van der Waals surface area (Å²) in [6.45, 7) is 13.7. The normalized spacial score (nSPS) is 11.7. The molecule has 0 unspecified atom stereocenters. The Morgan fingerprint density at radius 1 is 0.188 bits per heavy atom. The third-order valence-electron chi connectivity index (χ3n) is 21.7. The molecule has 12 heterocycles. The largest absolute Gasteiger partial charge is 0.140 e. The fourth-order valence-corrected chi connectivity index (χ4v) is 29.9. The summed E-state index contributed by atoms with van der Waals surface area (Å²) in [6, 6.07) is 47.4. The van der Waals surface area contributed by atoms with E-state index >= 15 is 0 Å². The molecule has 0 atom stereocenters. The molecule has 0 spiro atoms. The Balaban J connectivity index is 0.000000221. The lowest BCUT2D eigenvalue weighted by Gasteiger charge is -2.02. The number of hydrogen-bond donors (Lipinski definition) is 0. The summed E-state index contributed by atoms with van der Waals surface area (Å²) in [7, 11) is 0. The molecule has 0 radical (unpaired) electrons. The number of unbranched alkanes of at least 4 members (excludes halogenated alkanes) is 36. The van der Waals surface area contributed by atoms with E-state index < -0.39 is 0 Å². The van der Waals surface area contributed by atoms with Gasteiger partial charge in [0, 0.05) is 110 Å². The zero-order valence-corrected chi connectivity index (χ0v) is 81.3. The SMILES string of the molecule is CCCCCCCCCCCCc1ccc(-c2cc(Br)sc2-c2ccc(-c3ccc(-c4sc(Br)cc4-c4ccc(CCCCCCCCCCCC)s4)s3)s2)s1.CCCCCCCCCCCCc1ccc(-c2cc(C)sc2-c2ccc(-c3ccc(-c4sc(C)cc4-c4ccc(CCCCCCCCCCCC)s4)s3)s2)s1. The molecule has 0 saturated heterocycles. The summed E-state index contributed by atoms with van der Waals surface area (Å²) in [5, 5.41) is 0. The second-order valence-electron chi connectivity index (χ2n) is 31.2. The van der Waals surface area contributed by atoms with Gasteiger partial charge in [0.2, 0.25) is 0 Å². The van der Waals surface area contributed by atoms with Gasteiger partial charge in [-0.05, 0) is 218 Å². The van der Waals surface area contributed by atoms with Crippen LogP contribution in [0.2, 0.25) is 0 Å². The highest BCUT2D eigenvalue weighted by Gasteiger charge is 2.23. The molecular formula is C98H126Br2S12. The van der Waals surface area contributed by atoms with Gasteiger partial charge in [-0.15, -0.1) is 136 Å². The van der Waals surface area contributed by atoms with Crippen LogP contribution in [-0.4, -0.2) is 0 Å². The molecule has 0 aliphatic rings. The Kier molecular flexibility index (Phi) is 40.6. The van der Waals surface area contributed by atoms with E-state index in [9.17, 15) is 0 Å². The lowest BCUT2D eigenvalue weighted by Crippen LogP contribution is -1.84. The van der Waals surface area contributed by atoms with Crippen molar-refractivity contribution in [3.8, 4) is 100 Å². The van der Waals surface area contributed by atoms with Crippen LogP contribution in [0.3, 0.4) is 0 Å². The van der Waals surface area contributed by atoms with Crippen LogP contribution in [0.1, 0.15) is 314 Å². The van der Waals surface area contributed by atoms with Crippen molar-refractivity contribution >= 4 is 168 Å². The van der Waals surface area contributed by atoms with Crippen LogP contribution in [-0.2, 0) is 25.7 Å². The molecule has 0 nitrogen and oxygen atoms in total. The van der Waals surface area contributed by atoms with Crippen LogP contribution in [0.25, 0.3) is 100 Å². The smallest absolute Gasteiger partial charge is 0.0712 e. The first-order valence-corrected chi connectivity index (χ1v) is 55.0. The van der Waals surface area contributed by atoms with Gasteiger partial charge in [-0.1, -0.05) is 259 Å². The second kappa shape index (κ2) is 50.4. The molecule has 112 heavy (non-hydrogen) atoms. The highest BCUT2D eigenvalue weighted by atomic mass is 79.9. The van der Waals surface area contributed by atoms with Gasteiger partial charge in [-0.25, -0.2) is 0 Å². The van der Waals surface area contributed by atoms with Crippen molar-refractivity contribution in [2.75, 3.05) is 0 Å². The Morgan fingerprint density at radius 2 is 0.375 bits per heavy atom. The molecular weight excluding hydrogens is 1720 g/mol. The quantitative estimate of drug-likeness (QED) is 0.0333. The van der Waals surface area contributed by atoms with Crippen LogP contribution in [0, 0.1) is 13.8 Å². The maximum Gasteiger partial charge on any atom is 0.0712 e. The molecule has 0 bridgehead atoms. The predicted octanol–water partition coefficient (Wildman–Crippen LogP) is 40.8. The molecule has 0 aliphatic heterocycles. The number of aryl methyl sites for hydroxylation is 6. The van der Waals surface area contributed by atoms with Crippen molar-refractivity contribution in [2.24, 2.45) is 0 Å². The molecule has 0 fully saturated rings. The van der Waals surface area contributed by atoms with Crippen molar-refractivity contribution in [3.63, 3.8) is 0 Å². The number of halogens is 2. The van der Waals surface area contributed by atoms with Gasteiger partial charge in [0.05, 0.1) is 27.1 Å². The lowest BCUT2D eigenvalue weighted by atomic mass is 10.1. The minimum absolute atomic E-state index is 1.21. The van der Waals surface area contributed by atoms with Crippen LogP contribution in [0.15, 0.2) is 129 Å². The van der Waals surface area contributed by atoms with Gasteiger partial charge in [0.1, 0.15) is 0 Å². The van der Waals surface area contributed by atoms with Gasteiger partial charge in [-0.2, -0.15) is 0 Å². The van der Waals surface area contributed by atoms with Crippen molar-refractivity contribution in [1.29, 1.82) is 0 Å². The molecule has 0 saturated carbocycles. The van der Waals surface area contributed by atoms with E-state index in [1.54, 1.807) is 9.75 Å².